The average Bonchev–Trinajstić information content (AvgIpc) is 3.47. The molecule has 1 fully saturated rings. The lowest BCUT2D eigenvalue weighted by Gasteiger charge is -2.23. The van der Waals surface area contributed by atoms with Gasteiger partial charge in [0, 0.05) is 63.2 Å². The summed E-state index contributed by atoms with van der Waals surface area (Å²) in [7, 11) is 4.04. The topological polar surface area (TPSA) is 75.5 Å². The summed E-state index contributed by atoms with van der Waals surface area (Å²) >= 11 is 1.61. The van der Waals surface area contributed by atoms with Crippen LogP contribution in [-0.2, 0) is 11.3 Å². The van der Waals surface area contributed by atoms with Crippen LogP contribution >= 0.6 is 11.3 Å². The first-order chi connectivity index (χ1) is 16.3. The molecule has 1 aromatic carbocycles. The Kier molecular flexibility index (Phi) is 7.23. The van der Waals surface area contributed by atoms with E-state index in [4.69, 9.17) is 9.72 Å². The summed E-state index contributed by atoms with van der Waals surface area (Å²) in [6, 6.07) is 6.21. The van der Waals surface area contributed by atoms with Crippen LogP contribution in [0.4, 0.5) is 16.5 Å². The van der Waals surface area contributed by atoms with E-state index in [-0.39, 0.29) is 17.7 Å². The van der Waals surface area contributed by atoms with Gasteiger partial charge in [-0.05, 0) is 51.5 Å². The van der Waals surface area contributed by atoms with Gasteiger partial charge in [-0.15, -0.1) is 11.3 Å². The van der Waals surface area contributed by atoms with Crippen LogP contribution in [-0.4, -0.2) is 60.5 Å². The molecule has 2 atom stereocenters. The van der Waals surface area contributed by atoms with Crippen molar-refractivity contribution in [1.29, 1.82) is 0 Å². The molecule has 1 saturated heterocycles. The van der Waals surface area contributed by atoms with Crippen LogP contribution in [0.25, 0.3) is 11.4 Å². The number of hydrogen-bond donors (Lipinski definition) is 1. The van der Waals surface area contributed by atoms with Crippen LogP contribution in [0.15, 0.2) is 34.6 Å². The SMILES string of the molecule is CCOC1CN(c2nccs2)CC1Nc1c(C)nc(-c2ccc(N(C)C)cc2C)n(CC)c1=O. The minimum atomic E-state index is -0.0518. The van der Waals surface area contributed by atoms with Crippen molar-refractivity contribution in [1.82, 2.24) is 14.5 Å². The number of aryl methyl sites for hydroxylation is 2. The highest BCUT2D eigenvalue weighted by atomic mass is 32.1. The fourth-order valence-electron chi connectivity index (χ4n) is 4.51. The number of nitrogens with one attached hydrogen (secondary N) is 1. The molecule has 8 nitrogen and oxygen atoms in total. The molecule has 1 aliphatic heterocycles. The molecule has 1 N–H and O–H groups in total. The molecule has 3 aromatic rings. The lowest BCUT2D eigenvalue weighted by atomic mass is 10.1. The van der Waals surface area contributed by atoms with Gasteiger partial charge in [0.2, 0.25) is 0 Å². The molecule has 9 heteroatoms. The molecule has 0 bridgehead atoms. The summed E-state index contributed by atoms with van der Waals surface area (Å²) in [5.41, 5.74) is 4.38. The van der Waals surface area contributed by atoms with Gasteiger partial charge in [-0.25, -0.2) is 9.97 Å². The molecule has 3 heterocycles. The number of benzene rings is 1. The lowest BCUT2D eigenvalue weighted by Crippen LogP contribution is -2.38. The zero-order chi connectivity index (χ0) is 24.4. The maximum atomic E-state index is 13.7. The molecule has 0 saturated carbocycles. The van der Waals surface area contributed by atoms with Crippen LogP contribution in [0.5, 0.6) is 0 Å². The quantitative estimate of drug-likeness (QED) is 0.524. The van der Waals surface area contributed by atoms with Crippen molar-refractivity contribution in [2.75, 3.05) is 48.9 Å². The van der Waals surface area contributed by atoms with Gasteiger partial charge in [-0.3, -0.25) is 9.36 Å². The molecule has 0 aliphatic carbocycles. The second-order valence-electron chi connectivity index (χ2n) is 8.80. The van der Waals surface area contributed by atoms with Crippen LogP contribution in [0.2, 0.25) is 0 Å². The second-order valence-corrected chi connectivity index (χ2v) is 9.68. The summed E-state index contributed by atoms with van der Waals surface area (Å²) in [6.45, 7) is 10.6. The molecule has 0 radical (unpaired) electrons. The number of rotatable bonds is 8. The Morgan fingerprint density at radius 1 is 1.24 bits per heavy atom. The van der Waals surface area contributed by atoms with Crippen LogP contribution in [0, 0.1) is 13.8 Å². The van der Waals surface area contributed by atoms with E-state index in [2.05, 4.69) is 45.2 Å². The van der Waals surface area contributed by atoms with Gasteiger partial charge in [0.25, 0.3) is 5.56 Å². The lowest BCUT2D eigenvalue weighted by molar-refractivity contribution is 0.0720. The number of nitrogens with zero attached hydrogens (tertiary/aromatic N) is 5. The average molecular weight is 483 g/mol. The van der Waals surface area contributed by atoms with Gasteiger partial charge in [-0.2, -0.15) is 0 Å². The summed E-state index contributed by atoms with van der Waals surface area (Å²) in [6.07, 6.45) is 1.78. The van der Waals surface area contributed by atoms with Crippen molar-refractivity contribution >= 4 is 27.8 Å². The van der Waals surface area contributed by atoms with Gasteiger partial charge in [0.1, 0.15) is 11.5 Å². The highest BCUT2D eigenvalue weighted by Gasteiger charge is 2.35. The van der Waals surface area contributed by atoms with Gasteiger partial charge in [0.15, 0.2) is 5.13 Å². The van der Waals surface area contributed by atoms with Crippen LogP contribution in [0.3, 0.4) is 0 Å². The predicted molar refractivity (Wildman–Crippen MR) is 141 cm³/mol. The Labute approximate surface area is 205 Å². The summed E-state index contributed by atoms with van der Waals surface area (Å²) in [5.74, 6) is 0.704. The maximum absolute atomic E-state index is 13.7. The highest BCUT2D eigenvalue weighted by molar-refractivity contribution is 7.13. The molecule has 2 aromatic heterocycles. The second kappa shape index (κ2) is 10.1. The van der Waals surface area contributed by atoms with Crippen molar-refractivity contribution in [2.45, 2.75) is 46.4 Å². The van der Waals surface area contributed by atoms with Crippen LogP contribution in [0.1, 0.15) is 25.1 Å². The van der Waals surface area contributed by atoms with E-state index in [9.17, 15) is 4.79 Å². The van der Waals surface area contributed by atoms with E-state index in [0.717, 1.165) is 35.0 Å². The van der Waals surface area contributed by atoms with E-state index in [1.54, 1.807) is 15.9 Å². The number of aromatic nitrogens is 3. The normalized spacial score (nSPS) is 17.9. The minimum absolute atomic E-state index is 0.0330. The van der Waals surface area contributed by atoms with E-state index >= 15 is 0 Å². The summed E-state index contributed by atoms with van der Waals surface area (Å²) in [4.78, 5) is 27.3. The molecule has 1 aliphatic rings. The predicted octanol–water partition coefficient (Wildman–Crippen LogP) is 3.78. The molecular formula is C25H34N6O2S. The molecule has 4 rings (SSSR count). The number of thiazole rings is 1. The third-order valence-corrected chi connectivity index (χ3v) is 7.13. The van der Waals surface area contributed by atoms with Crippen LogP contribution < -0.4 is 20.7 Å². The standard InChI is InChI=1S/C25H34N6O2S/c1-7-31-23(19-10-9-18(29(5)6)13-16(19)3)27-17(4)22(24(31)32)28-20-14-30(15-21(20)33-8-2)25-26-11-12-34-25/h9-13,20-21,28H,7-8,14-15H2,1-6H3. The molecule has 0 spiro atoms. The van der Waals surface area contributed by atoms with E-state index < -0.39 is 0 Å². The van der Waals surface area contributed by atoms with E-state index in [1.165, 1.54) is 0 Å². The van der Waals surface area contributed by atoms with Crippen molar-refractivity contribution in [3.05, 3.63) is 51.4 Å². The maximum Gasteiger partial charge on any atom is 0.277 e. The van der Waals surface area contributed by atoms with Crippen molar-refractivity contribution < 1.29 is 4.74 Å². The Hall–Kier alpha value is -2.91. The van der Waals surface area contributed by atoms with Crippen molar-refractivity contribution in [3.63, 3.8) is 0 Å². The number of ether oxygens (including phenoxy) is 1. The smallest absolute Gasteiger partial charge is 0.277 e. The van der Waals surface area contributed by atoms with E-state index in [0.29, 0.717) is 30.4 Å². The van der Waals surface area contributed by atoms with Crippen molar-refractivity contribution in [2.24, 2.45) is 0 Å². The number of anilines is 3. The molecule has 0 amide bonds. The molecular weight excluding hydrogens is 448 g/mol. The summed E-state index contributed by atoms with van der Waals surface area (Å²) in [5, 5.41) is 6.46. The third kappa shape index (κ3) is 4.67. The zero-order valence-electron chi connectivity index (χ0n) is 20.8. The molecule has 2 unspecified atom stereocenters. The Morgan fingerprint density at radius 3 is 2.65 bits per heavy atom. The third-order valence-electron chi connectivity index (χ3n) is 6.30. The number of hydrogen-bond acceptors (Lipinski definition) is 8. The monoisotopic (exact) mass is 482 g/mol. The minimum Gasteiger partial charge on any atom is -0.378 e. The Balaban J connectivity index is 1.68. The zero-order valence-corrected chi connectivity index (χ0v) is 21.6. The highest BCUT2D eigenvalue weighted by Crippen LogP contribution is 2.28. The fraction of sp³-hybridized carbons (Fsp3) is 0.480. The van der Waals surface area contributed by atoms with Gasteiger partial charge in [0.05, 0.1) is 17.8 Å². The van der Waals surface area contributed by atoms with Gasteiger partial charge in [-0.1, -0.05) is 0 Å². The first-order valence-electron chi connectivity index (χ1n) is 11.8. The van der Waals surface area contributed by atoms with Gasteiger partial charge < -0.3 is 19.9 Å². The first kappa shape index (κ1) is 24.2. The van der Waals surface area contributed by atoms with Gasteiger partial charge >= 0.3 is 0 Å². The molecule has 34 heavy (non-hydrogen) atoms. The largest absolute Gasteiger partial charge is 0.378 e. The summed E-state index contributed by atoms with van der Waals surface area (Å²) < 4.78 is 7.79. The van der Waals surface area contributed by atoms with Crippen molar-refractivity contribution in [3.8, 4) is 11.4 Å². The Morgan fingerprint density at radius 2 is 2.03 bits per heavy atom. The fourth-order valence-corrected chi connectivity index (χ4v) is 5.18. The van der Waals surface area contributed by atoms with E-state index in [1.807, 2.05) is 46.4 Å². The molecule has 182 valence electrons. The Bertz CT molecular complexity index is 1190. The first-order valence-corrected chi connectivity index (χ1v) is 12.6.